The quantitative estimate of drug-likeness (QED) is 0.601. The molecule has 0 spiro atoms. The maximum absolute atomic E-state index is 12.8. The highest BCUT2D eigenvalue weighted by atomic mass is 16.5. The maximum Gasteiger partial charge on any atom is 0.303 e. The highest BCUT2D eigenvalue weighted by Gasteiger charge is 2.29. The van der Waals surface area contributed by atoms with Gasteiger partial charge in [-0.15, -0.1) is 0 Å². The van der Waals surface area contributed by atoms with Crippen molar-refractivity contribution in [1.29, 1.82) is 0 Å². The van der Waals surface area contributed by atoms with Crippen LogP contribution in [0.1, 0.15) is 44.3 Å². The fraction of sp³-hybridized carbons (Fsp3) is 0.400. The van der Waals surface area contributed by atoms with Crippen molar-refractivity contribution in [3.05, 3.63) is 54.5 Å². The van der Waals surface area contributed by atoms with E-state index in [1.54, 1.807) is 7.11 Å². The van der Waals surface area contributed by atoms with Gasteiger partial charge in [-0.25, -0.2) is 4.98 Å². The molecule has 1 aliphatic rings. The monoisotopic (exact) mass is 435 g/mol. The molecule has 1 aliphatic heterocycles. The minimum atomic E-state index is -0.865. The van der Waals surface area contributed by atoms with Crippen LogP contribution < -0.4 is 4.74 Å². The predicted molar refractivity (Wildman–Crippen MR) is 122 cm³/mol. The van der Waals surface area contributed by atoms with Crippen LogP contribution in [0.4, 0.5) is 0 Å². The first-order valence-electron chi connectivity index (χ1n) is 11.1. The Morgan fingerprint density at radius 1 is 1.22 bits per heavy atom. The molecule has 7 heteroatoms. The standard InChI is InChI=1S/C25H29N3O4/c1-17(14-23(30)31)13-22(29)27-11-6-8-19(16-27)25-26-24(21-10-3-4-12-28(21)25)18-7-5-9-20(15-18)32-2/h3-5,7,9-10,12,15,17,19H,6,8,11,13-14,16H2,1-2H3,(H,30,31). The van der Waals surface area contributed by atoms with Crippen molar-refractivity contribution in [3.8, 4) is 17.0 Å². The minimum Gasteiger partial charge on any atom is -0.497 e. The Hall–Kier alpha value is -3.35. The van der Waals surface area contributed by atoms with Crippen LogP contribution in [-0.2, 0) is 9.59 Å². The lowest BCUT2D eigenvalue weighted by molar-refractivity contribution is -0.138. The number of imidazole rings is 1. The Morgan fingerprint density at radius 3 is 2.84 bits per heavy atom. The van der Waals surface area contributed by atoms with Crippen LogP contribution in [0.2, 0.25) is 0 Å². The molecular formula is C25H29N3O4. The number of piperidine rings is 1. The molecule has 32 heavy (non-hydrogen) atoms. The zero-order chi connectivity index (χ0) is 22.7. The lowest BCUT2D eigenvalue weighted by Gasteiger charge is -2.33. The normalized spacial score (nSPS) is 17.3. The van der Waals surface area contributed by atoms with Gasteiger partial charge in [-0.1, -0.05) is 25.1 Å². The topological polar surface area (TPSA) is 84.1 Å². The largest absolute Gasteiger partial charge is 0.497 e. The third kappa shape index (κ3) is 4.61. The number of aromatic nitrogens is 2. The smallest absolute Gasteiger partial charge is 0.303 e. The summed E-state index contributed by atoms with van der Waals surface area (Å²) in [6.45, 7) is 3.13. The lowest BCUT2D eigenvalue weighted by atomic mass is 9.95. The molecule has 0 aliphatic carbocycles. The second-order valence-electron chi connectivity index (χ2n) is 8.59. The van der Waals surface area contributed by atoms with Crippen molar-refractivity contribution in [2.75, 3.05) is 20.2 Å². The molecule has 0 radical (unpaired) electrons. The number of methoxy groups -OCH3 is 1. The van der Waals surface area contributed by atoms with Gasteiger partial charge in [0.05, 0.1) is 18.3 Å². The van der Waals surface area contributed by atoms with Gasteiger partial charge in [-0.05, 0) is 43.0 Å². The number of carboxylic acid groups (broad SMARTS) is 1. The van der Waals surface area contributed by atoms with E-state index in [1.165, 1.54) is 0 Å². The average Bonchev–Trinajstić information content (AvgIpc) is 3.18. The van der Waals surface area contributed by atoms with Crippen LogP contribution in [0.5, 0.6) is 5.75 Å². The fourth-order valence-corrected chi connectivity index (χ4v) is 4.54. The second kappa shape index (κ2) is 9.42. The zero-order valence-corrected chi connectivity index (χ0v) is 18.5. The molecule has 1 amide bonds. The molecule has 3 heterocycles. The summed E-state index contributed by atoms with van der Waals surface area (Å²) in [7, 11) is 1.65. The Morgan fingerprint density at radius 2 is 2.06 bits per heavy atom. The number of fused-ring (bicyclic) bond motifs is 1. The molecule has 1 N–H and O–H groups in total. The SMILES string of the molecule is COc1cccc(-c2nc(C3CCCN(C(=O)CC(C)CC(=O)O)C3)n3ccccc23)c1. The van der Waals surface area contributed by atoms with Crippen LogP contribution >= 0.6 is 0 Å². The van der Waals surface area contributed by atoms with Crippen LogP contribution in [-0.4, -0.2) is 51.5 Å². The molecule has 168 valence electrons. The van der Waals surface area contributed by atoms with E-state index in [0.717, 1.165) is 41.2 Å². The number of nitrogens with zero attached hydrogens (tertiary/aromatic N) is 3. The summed E-state index contributed by atoms with van der Waals surface area (Å²) in [6.07, 6.45) is 4.16. The summed E-state index contributed by atoms with van der Waals surface area (Å²) in [6, 6.07) is 13.9. The van der Waals surface area contributed by atoms with E-state index in [1.807, 2.05) is 54.4 Å². The van der Waals surface area contributed by atoms with Crippen LogP contribution in [0, 0.1) is 5.92 Å². The van der Waals surface area contributed by atoms with E-state index in [0.29, 0.717) is 13.1 Å². The van der Waals surface area contributed by atoms with Crippen molar-refractivity contribution >= 4 is 17.4 Å². The molecule has 2 unspecified atom stereocenters. The summed E-state index contributed by atoms with van der Waals surface area (Å²) in [4.78, 5) is 30.7. The number of carbonyl (C=O) groups excluding carboxylic acids is 1. The van der Waals surface area contributed by atoms with Crippen LogP contribution in [0.3, 0.4) is 0 Å². The number of ether oxygens (including phenoxy) is 1. The van der Waals surface area contributed by atoms with Crippen molar-refractivity contribution < 1.29 is 19.4 Å². The van der Waals surface area contributed by atoms with E-state index in [-0.39, 0.29) is 30.6 Å². The summed E-state index contributed by atoms with van der Waals surface area (Å²) in [5.41, 5.74) is 2.91. The summed E-state index contributed by atoms with van der Waals surface area (Å²) >= 11 is 0. The average molecular weight is 436 g/mol. The van der Waals surface area contributed by atoms with Gasteiger partial charge < -0.3 is 19.1 Å². The van der Waals surface area contributed by atoms with Gasteiger partial charge in [0, 0.05) is 43.6 Å². The van der Waals surface area contributed by atoms with Gasteiger partial charge >= 0.3 is 5.97 Å². The third-order valence-electron chi connectivity index (χ3n) is 6.10. The first-order valence-corrected chi connectivity index (χ1v) is 11.1. The molecule has 0 saturated carbocycles. The molecule has 1 saturated heterocycles. The molecule has 2 aromatic heterocycles. The van der Waals surface area contributed by atoms with Crippen molar-refractivity contribution in [2.45, 2.75) is 38.5 Å². The van der Waals surface area contributed by atoms with Gasteiger partial charge in [-0.3, -0.25) is 9.59 Å². The van der Waals surface area contributed by atoms with E-state index in [2.05, 4.69) is 10.5 Å². The van der Waals surface area contributed by atoms with E-state index in [9.17, 15) is 9.59 Å². The number of benzene rings is 1. The van der Waals surface area contributed by atoms with E-state index >= 15 is 0 Å². The van der Waals surface area contributed by atoms with Crippen LogP contribution in [0.25, 0.3) is 16.8 Å². The summed E-state index contributed by atoms with van der Waals surface area (Å²) in [5.74, 6) is 0.845. The first-order chi connectivity index (χ1) is 15.5. The molecule has 1 aromatic carbocycles. The lowest BCUT2D eigenvalue weighted by Crippen LogP contribution is -2.40. The number of hydrogen-bond acceptors (Lipinski definition) is 4. The number of rotatable bonds is 7. The Labute approximate surface area is 187 Å². The van der Waals surface area contributed by atoms with Gasteiger partial charge in [0.1, 0.15) is 11.6 Å². The van der Waals surface area contributed by atoms with Crippen molar-refractivity contribution in [2.24, 2.45) is 5.92 Å². The molecule has 2 atom stereocenters. The zero-order valence-electron chi connectivity index (χ0n) is 18.5. The number of likely N-dealkylation sites (tertiary alicyclic amines) is 1. The Kier molecular flexibility index (Phi) is 6.44. The Bertz CT molecular complexity index is 1120. The summed E-state index contributed by atoms with van der Waals surface area (Å²) in [5, 5.41) is 8.98. The molecule has 3 aromatic rings. The van der Waals surface area contributed by atoms with Crippen molar-refractivity contribution in [3.63, 3.8) is 0 Å². The number of amides is 1. The number of aliphatic carboxylic acids is 1. The Balaban J connectivity index is 1.60. The van der Waals surface area contributed by atoms with E-state index in [4.69, 9.17) is 14.8 Å². The van der Waals surface area contributed by atoms with Crippen LogP contribution in [0.15, 0.2) is 48.7 Å². The van der Waals surface area contributed by atoms with Gasteiger partial charge in [0.25, 0.3) is 0 Å². The molecule has 4 rings (SSSR count). The third-order valence-corrected chi connectivity index (χ3v) is 6.10. The number of hydrogen-bond donors (Lipinski definition) is 1. The second-order valence-corrected chi connectivity index (χ2v) is 8.59. The molecular weight excluding hydrogens is 406 g/mol. The number of pyridine rings is 1. The molecule has 1 fully saturated rings. The van der Waals surface area contributed by atoms with Crippen molar-refractivity contribution in [1.82, 2.24) is 14.3 Å². The number of carbonyl (C=O) groups is 2. The van der Waals surface area contributed by atoms with E-state index < -0.39 is 5.97 Å². The first kappa shape index (κ1) is 21.9. The molecule has 7 nitrogen and oxygen atoms in total. The highest BCUT2D eigenvalue weighted by molar-refractivity contribution is 5.79. The fourth-order valence-electron chi connectivity index (χ4n) is 4.54. The van der Waals surface area contributed by atoms with Gasteiger partial charge in [-0.2, -0.15) is 0 Å². The highest BCUT2D eigenvalue weighted by Crippen LogP contribution is 2.33. The number of carboxylic acids is 1. The summed E-state index contributed by atoms with van der Waals surface area (Å²) < 4.78 is 7.52. The van der Waals surface area contributed by atoms with Gasteiger partial charge in [0.15, 0.2) is 0 Å². The van der Waals surface area contributed by atoms with Gasteiger partial charge in [0.2, 0.25) is 5.91 Å². The predicted octanol–water partition coefficient (Wildman–Crippen LogP) is 4.22. The maximum atomic E-state index is 12.8. The molecule has 0 bridgehead atoms. The minimum absolute atomic E-state index is 0.0117.